The molecule has 0 fully saturated rings. The first-order chi connectivity index (χ1) is 32.9. The molecule has 0 unspecified atom stereocenters. The lowest BCUT2D eigenvalue weighted by atomic mass is 9.86. The minimum atomic E-state index is -0.0484. The number of rotatable bonds is 6. The average molecular weight is 877 g/mol. The molecule has 0 N–H and O–H groups in total. The maximum absolute atomic E-state index is 5.50. The highest BCUT2D eigenvalue weighted by Crippen LogP contribution is 2.47. The zero-order valence-corrected chi connectivity index (χ0v) is 38.2. The minimum Gasteiger partial charge on any atom is -0.309 e. The summed E-state index contributed by atoms with van der Waals surface area (Å²) in [6, 6.07) is 77.3. The Balaban J connectivity index is 1.15. The van der Waals surface area contributed by atoms with Crippen molar-refractivity contribution in [2.24, 2.45) is 0 Å². The first-order valence-corrected chi connectivity index (χ1v) is 23.8. The Morgan fingerprint density at radius 3 is 1.52 bits per heavy atom. The van der Waals surface area contributed by atoms with E-state index in [0.29, 0.717) is 5.82 Å². The topological polar surface area (TPSA) is 35.6 Å². The Morgan fingerprint density at radius 2 is 0.910 bits per heavy atom. The molecule has 4 aromatic heterocycles. The normalized spacial score (nSPS) is 12.1. The Labute approximate surface area is 392 Å². The smallest absolute Gasteiger partial charge is 0.160 e. The molecule has 0 atom stereocenters. The van der Waals surface area contributed by atoms with Gasteiger partial charge < -0.3 is 9.13 Å². The highest BCUT2D eigenvalue weighted by atomic mass is 32.1. The van der Waals surface area contributed by atoms with Gasteiger partial charge in [-0.25, -0.2) is 9.97 Å². The molecule has 0 amide bonds. The molecule has 318 valence electrons. The Bertz CT molecular complexity index is 3950. The van der Waals surface area contributed by atoms with Gasteiger partial charge in [-0.1, -0.05) is 172 Å². The Hall–Kier alpha value is -8.12. The van der Waals surface area contributed by atoms with E-state index in [9.17, 15) is 0 Å². The number of hydrogen-bond acceptors (Lipinski definition) is 3. The molecule has 5 heteroatoms. The third-order valence-corrected chi connectivity index (χ3v) is 14.6. The van der Waals surface area contributed by atoms with E-state index in [-0.39, 0.29) is 5.41 Å². The lowest BCUT2D eigenvalue weighted by molar-refractivity contribution is 0.591. The highest BCUT2D eigenvalue weighted by molar-refractivity contribution is 7.26. The summed E-state index contributed by atoms with van der Waals surface area (Å²) in [5.74, 6) is 0.717. The van der Waals surface area contributed by atoms with Gasteiger partial charge in [-0.15, -0.1) is 11.3 Å². The molecule has 0 saturated heterocycles. The van der Waals surface area contributed by atoms with Gasteiger partial charge in [0.1, 0.15) is 0 Å². The Morgan fingerprint density at radius 1 is 0.403 bits per heavy atom. The zero-order valence-electron chi connectivity index (χ0n) is 37.4. The van der Waals surface area contributed by atoms with E-state index in [4.69, 9.17) is 9.97 Å². The van der Waals surface area contributed by atoms with Gasteiger partial charge in [0.25, 0.3) is 0 Å². The number of thiophene rings is 1. The summed E-state index contributed by atoms with van der Waals surface area (Å²) in [5.41, 5.74) is 16.7. The van der Waals surface area contributed by atoms with Crippen molar-refractivity contribution in [1.82, 2.24) is 19.1 Å². The molecule has 0 aliphatic heterocycles. The van der Waals surface area contributed by atoms with Crippen molar-refractivity contribution in [1.29, 1.82) is 0 Å². The van der Waals surface area contributed by atoms with Crippen molar-refractivity contribution in [3.63, 3.8) is 0 Å². The second-order valence-electron chi connectivity index (χ2n) is 18.6. The molecule has 67 heavy (non-hydrogen) atoms. The van der Waals surface area contributed by atoms with Crippen molar-refractivity contribution in [2.75, 3.05) is 0 Å². The first kappa shape index (κ1) is 39.3. The number of fused-ring (bicyclic) bond motifs is 9. The number of nitrogens with zero attached hydrogens (tertiary/aromatic N) is 4. The summed E-state index contributed by atoms with van der Waals surface area (Å²) in [7, 11) is 0. The van der Waals surface area contributed by atoms with Gasteiger partial charge in [-0.2, -0.15) is 0 Å². The predicted octanol–water partition coefficient (Wildman–Crippen LogP) is 17.0. The quantitative estimate of drug-likeness (QED) is 0.167. The second kappa shape index (κ2) is 15.2. The molecule has 4 nitrogen and oxygen atoms in total. The van der Waals surface area contributed by atoms with E-state index in [1.54, 1.807) is 11.3 Å². The summed E-state index contributed by atoms with van der Waals surface area (Å²) in [5, 5.41) is 6.08. The number of benzene rings is 9. The molecule has 9 aromatic carbocycles. The molecule has 0 radical (unpaired) electrons. The van der Waals surface area contributed by atoms with E-state index in [2.05, 4.69) is 236 Å². The minimum absolute atomic E-state index is 0.0484. The second-order valence-corrected chi connectivity index (χ2v) is 19.6. The van der Waals surface area contributed by atoms with Crippen LogP contribution in [0.4, 0.5) is 0 Å². The van der Waals surface area contributed by atoms with Gasteiger partial charge in [0.2, 0.25) is 0 Å². The number of hydrogen-bond donors (Lipinski definition) is 0. The molecule has 0 aliphatic carbocycles. The monoisotopic (exact) mass is 876 g/mol. The summed E-state index contributed by atoms with van der Waals surface area (Å²) < 4.78 is 7.24. The van der Waals surface area contributed by atoms with Crippen molar-refractivity contribution < 1.29 is 0 Å². The fraction of sp³-hybridized carbons (Fsp3) is 0.0645. The van der Waals surface area contributed by atoms with E-state index in [0.717, 1.165) is 77.1 Å². The summed E-state index contributed by atoms with van der Waals surface area (Å²) in [6.07, 6.45) is 0. The third kappa shape index (κ3) is 6.34. The van der Waals surface area contributed by atoms with Crippen LogP contribution in [0.25, 0.3) is 120 Å². The zero-order chi connectivity index (χ0) is 44.8. The maximum Gasteiger partial charge on any atom is 0.160 e. The van der Waals surface area contributed by atoms with Crippen LogP contribution in [0.15, 0.2) is 212 Å². The van der Waals surface area contributed by atoms with Crippen LogP contribution in [0.1, 0.15) is 26.3 Å². The number of para-hydroxylation sites is 2. The van der Waals surface area contributed by atoms with Crippen molar-refractivity contribution in [3.8, 4) is 56.3 Å². The fourth-order valence-corrected chi connectivity index (χ4v) is 11.4. The molecule has 0 aliphatic rings. The van der Waals surface area contributed by atoms with Crippen LogP contribution in [0.5, 0.6) is 0 Å². The molecule has 0 bridgehead atoms. The van der Waals surface area contributed by atoms with Gasteiger partial charge in [0.15, 0.2) is 5.82 Å². The van der Waals surface area contributed by atoms with Crippen LogP contribution in [-0.4, -0.2) is 19.1 Å². The van der Waals surface area contributed by atoms with E-state index in [1.165, 1.54) is 42.8 Å². The van der Waals surface area contributed by atoms with Crippen LogP contribution in [0.2, 0.25) is 0 Å². The first-order valence-electron chi connectivity index (χ1n) is 23.0. The van der Waals surface area contributed by atoms with Crippen molar-refractivity contribution in [2.45, 2.75) is 26.2 Å². The van der Waals surface area contributed by atoms with Gasteiger partial charge in [-0.3, -0.25) is 0 Å². The standard InChI is InChI=1S/C62H44N4S/c1-62(2,3)43-31-33-54-50(37-43)51-38-44(65-52-28-16-13-25-45(52)46-26-14-17-29-53(46)65)32-34-55(51)66(54)59-48(39-19-7-4-8-20-39)35-42(36-49(59)40-21-9-5-10-22-40)57-60-58(47-27-15-18-30-56(47)67-60)64-61(63-57)41-23-11-6-12-24-41/h4-38H,1-3H3. The van der Waals surface area contributed by atoms with Gasteiger partial charge in [0, 0.05) is 59.6 Å². The predicted molar refractivity (Wildman–Crippen MR) is 284 cm³/mol. The fourth-order valence-electron chi connectivity index (χ4n) is 10.2. The van der Waals surface area contributed by atoms with Crippen molar-refractivity contribution >= 4 is 75.3 Å². The largest absolute Gasteiger partial charge is 0.309 e. The maximum atomic E-state index is 5.50. The molecule has 4 heterocycles. The van der Waals surface area contributed by atoms with Crippen LogP contribution in [0.3, 0.4) is 0 Å². The van der Waals surface area contributed by atoms with Crippen LogP contribution < -0.4 is 0 Å². The lowest BCUT2D eigenvalue weighted by Crippen LogP contribution is -2.10. The lowest BCUT2D eigenvalue weighted by Gasteiger charge is -2.22. The van der Waals surface area contributed by atoms with Gasteiger partial charge in [0.05, 0.1) is 43.7 Å². The van der Waals surface area contributed by atoms with Crippen molar-refractivity contribution in [3.05, 3.63) is 218 Å². The Kier molecular flexibility index (Phi) is 8.93. The number of aromatic nitrogens is 4. The molecule has 0 spiro atoms. The van der Waals surface area contributed by atoms with Crippen LogP contribution in [-0.2, 0) is 5.41 Å². The SMILES string of the molecule is CC(C)(C)c1ccc2c(c1)c1cc(-n3c4ccccc4c4ccccc43)ccc1n2-c1c(-c2ccccc2)cc(-c2nc(-c3ccccc3)nc3c2sc2ccccc23)cc1-c1ccccc1. The highest BCUT2D eigenvalue weighted by Gasteiger charge is 2.26. The molecule has 13 rings (SSSR count). The van der Waals surface area contributed by atoms with E-state index < -0.39 is 0 Å². The summed E-state index contributed by atoms with van der Waals surface area (Å²) in [6.45, 7) is 6.92. The molecule has 0 saturated carbocycles. The van der Waals surface area contributed by atoms with Crippen LogP contribution >= 0.6 is 11.3 Å². The molecular formula is C62H44N4S. The summed E-state index contributed by atoms with van der Waals surface area (Å²) in [4.78, 5) is 10.8. The molecule has 13 aromatic rings. The average Bonchev–Trinajstić information content (AvgIpc) is 4.03. The van der Waals surface area contributed by atoms with E-state index in [1.807, 2.05) is 6.07 Å². The van der Waals surface area contributed by atoms with Gasteiger partial charge in [-0.05, 0) is 82.8 Å². The third-order valence-electron chi connectivity index (χ3n) is 13.5. The molecular weight excluding hydrogens is 833 g/mol. The van der Waals surface area contributed by atoms with E-state index >= 15 is 0 Å². The van der Waals surface area contributed by atoms with Crippen LogP contribution in [0, 0.1) is 0 Å². The van der Waals surface area contributed by atoms with Gasteiger partial charge >= 0.3 is 0 Å². The summed E-state index contributed by atoms with van der Waals surface area (Å²) >= 11 is 1.77.